The number of phenols is 2. The van der Waals surface area contributed by atoms with Gasteiger partial charge in [-0.15, -0.1) is 11.3 Å². The van der Waals surface area contributed by atoms with E-state index in [4.69, 9.17) is 10.1 Å². The van der Waals surface area contributed by atoms with Crippen LogP contribution in [-0.4, -0.2) is 26.6 Å². The molecule has 0 unspecified atom stereocenters. The summed E-state index contributed by atoms with van der Waals surface area (Å²) >= 11 is 1.54. The number of aromatic hydroxyl groups is 2. The van der Waals surface area contributed by atoms with E-state index in [-0.39, 0.29) is 17.5 Å². The summed E-state index contributed by atoms with van der Waals surface area (Å²) in [6.07, 6.45) is 0. The average molecular weight is 396 g/mol. The molecule has 2 aromatic carbocycles. The van der Waals surface area contributed by atoms with E-state index in [1.54, 1.807) is 6.07 Å². The van der Waals surface area contributed by atoms with Crippen LogP contribution in [0.4, 0.5) is 0 Å². The van der Waals surface area contributed by atoms with E-state index in [9.17, 15) is 10.2 Å². The highest BCUT2D eigenvalue weighted by Crippen LogP contribution is 2.25. The summed E-state index contributed by atoms with van der Waals surface area (Å²) in [6, 6.07) is 11.0. The van der Waals surface area contributed by atoms with Crippen molar-refractivity contribution in [3.05, 3.63) is 63.3 Å². The third kappa shape index (κ3) is 4.17. The molecule has 0 amide bonds. The van der Waals surface area contributed by atoms with Crippen LogP contribution in [0.2, 0.25) is 0 Å². The van der Waals surface area contributed by atoms with Gasteiger partial charge in [-0.2, -0.15) is 5.10 Å². The van der Waals surface area contributed by atoms with Gasteiger partial charge in [0.05, 0.1) is 11.4 Å². The molecule has 5 nitrogen and oxygen atoms in total. The molecule has 0 saturated heterocycles. The van der Waals surface area contributed by atoms with Crippen molar-refractivity contribution in [3.63, 3.8) is 0 Å². The Kier molecular flexibility index (Phi) is 5.70. The summed E-state index contributed by atoms with van der Waals surface area (Å²) in [6.45, 7) is 10.1. The van der Waals surface area contributed by atoms with Crippen molar-refractivity contribution in [3.8, 4) is 22.8 Å². The summed E-state index contributed by atoms with van der Waals surface area (Å²) in [5.74, 6) is 0.00992. The average Bonchev–Trinajstić information content (AvgIpc) is 2.99. The molecule has 0 aliphatic heterocycles. The lowest BCUT2D eigenvalue weighted by Gasteiger charge is -2.09. The quantitative estimate of drug-likeness (QED) is 0.622. The number of phenolic OH excluding ortho intramolecular Hbond substituents is 2. The van der Waals surface area contributed by atoms with Gasteiger partial charge in [0.25, 0.3) is 0 Å². The SMILES string of the molecule is CC(=Nn1c(-c2ccc(C)c(C)c2)csc1=NC(C)C)c1ccc(O)cc1O. The second-order valence-electron chi connectivity index (χ2n) is 7.12. The number of benzene rings is 2. The molecule has 6 heteroatoms. The van der Waals surface area contributed by atoms with E-state index < -0.39 is 0 Å². The molecule has 0 bridgehead atoms. The molecule has 3 aromatic rings. The Morgan fingerprint density at radius 1 is 1.04 bits per heavy atom. The van der Waals surface area contributed by atoms with Crippen LogP contribution in [0.5, 0.6) is 11.5 Å². The van der Waals surface area contributed by atoms with E-state index in [0.29, 0.717) is 11.3 Å². The van der Waals surface area contributed by atoms with Crippen molar-refractivity contribution in [1.82, 2.24) is 4.68 Å². The van der Waals surface area contributed by atoms with Gasteiger partial charge < -0.3 is 10.2 Å². The highest BCUT2D eigenvalue weighted by atomic mass is 32.1. The van der Waals surface area contributed by atoms with Gasteiger partial charge in [0, 0.05) is 28.6 Å². The predicted octanol–water partition coefficient (Wildman–Crippen LogP) is 4.83. The van der Waals surface area contributed by atoms with Gasteiger partial charge in [0.1, 0.15) is 11.5 Å². The molecular formula is C22H25N3O2S. The molecule has 0 aliphatic rings. The molecule has 1 heterocycles. The van der Waals surface area contributed by atoms with Crippen LogP contribution in [0.15, 0.2) is 51.9 Å². The Bertz CT molecular complexity index is 1110. The molecule has 1 aromatic heterocycles. The number of rotatable bonds is 4. The zero-order valence-corrected chi connectivity index (χ0v) is 17.6. The molecule has 0 radical (unpaired) electrons. The topological polar surface area (TPSA) is 70.1 Å². The molecule has 0 fully saturated rings. The summed E-state index contributed by atoms with van der Waals surface area (Å²) in [4.78, 5) is 5.49. The van der Waals surface area contributed by atoms with Gasteiger partial charge in [0.15, 0.2) is 0 Å². The summed E-state index contributed by atoms with van der Waals surface area (Å²) in [5.41, 5.74) is 5.67. The third-order valence-corrected chi connectivity index (χ3v) is 5.31. The molecular weight excluding hydrogens is 370 g/mol. The lowest BCUT2D eigenvalue weighted by molar-refractivity contribution is 0.450. The number of aryl methyl sites for hydroxylation is 2. The Labute approximate surface area is 169 Å². The minimum Gasteiger partial charge on any atom is -0.508 e. The number of nitrogens with zero attached hydrogens (tertiary/aromatic N) is 3. The van der Waals surface area contributed by atoms with E-state index >= 15 is 0 Å². The maximum absolute atomic E-state index is 10.2. The number of hydrogen-bond acceptors (Lipinski definition) is 5. The number of aromatic nitrogens is 1. The molecule has 0 spiro atoms. The van der Waals surface area contributed by atoms with Crippen LogP contribution in [0, 0.1) is 13.8 Å². The first-order valence-electron chi connectivity index (χ1n) is 9.16. The Balaban J connectivity index is 2.20. The number of hydrogen-bond donors (Lipinski definition) is 2. The fourth-order valence-corrected chi connectivity index (χ4v) is 3.80. The van der Waals surface area contributed by atoms with E-state index in [0.717, 1.165) is 16.1 Å². The zero-order valence-electron chi connectivity index (χ0n) is 16.8. The van der Waals surface area contributed by atoms with Crippen molar-refractivity contribution >= 4 is 17.0 Å². The van der Waals surface area contributed by atoms with Crippen molar-refractivity contribution in [2.75, 3.05) is 0 Å². The van der Waals surface area contributed by atoms with Gasteiger partial charge in [-0.3, -0.25) is 4.99 Å². The molecule has 3 rings (SSSR count). The lowest BCUT2D eigenvalue weighted by atomic mass is 10.1. The van der Waals surface area contributed by atoms with Crippen LogP contribution in [-0.2, 0) is 0 Å². The monoisotopic (exact) mass is 395 g/mol. The molecule has 0 saturated carbocycles. The summed E-state index contributed by atoms with van der Waals surface area (Å²) in [5, 5.41) is 26.6. The Hall–Kier alpha value is -2.86. The van der Waals surface area contributed by atoms with Gasteiger partial charge in [-0.25, -0.2) is 4.68 Å². The Morgan fingerprint density at radius 3 is 2.43 bits per heavy atom. The van der Waals surface area contributed by atoms with E-state index in [2.05, 4.69) is 37.4 Å². The highest BCUT2D eigenvalue weighted by Gasteiger charge is 2.12. The van der Waals surface area contributed by atoms with E-state index in [1.165, 1.54) is 34.6 Å². The molecule has 0 aliphatic carbocycles. The minimum atomic E-state index is -0.00726. The third-order valence-electron chi connectivity index (χ3n) is 4.48. The normalized spacial score (nSPS) is 12.8. The largest absolute Gasteiger partial charge is 0.508 e. The van der Waals surface area contributed by atoms with Crippen LogP contribution >= 0.6 is 11.3 Å². The second-order valence-corrected chi connectivity index (χ2v) is 7.96. The van der Waals surface area contributed by atoms with Crippen LogP contribution < -0.4 is 4.80 Å². The van der Waals surface area contributed by atoms with Crippen molar-refractivity contribution in [2.24, 2.45) is 10.1 Å². The zero-order chi connectivity index (χ0) is 20.4. The summed E-state index contributed by atoms with van der Waals surface area (Å²) in [7, 11) is 0. The van der Waals surface area contributed by atoms with Crippen molar-refractivity contribution in [1.29, 1.82) is 0 Å². The first-order chi connectivity index (χ1) is 13.3. The summed E-state index contributed by atoms with van der Waals surface area (Å²) < 4.78 is 1.83. The number of thiazole rings is 1. The van der Waals surface area contributed by atoms with Crippen molar-refractivity contribution < 1.29 is 10.2 Å². The second kappa shape index (κ2) is 8.02. The molecule has 28 heavy (non-hydrogen) atoms. The molecule has 0 atom stereocenters. The minimum absolute atomic E-state index is 0.00726. The first-order valence-corrected chi connectivity index (χ1v) is 10.0. The van der Waals surface area contributed by atoms with Gasteiger partial charge in [0.2, 0.25) is 4.80 Å². The fourth-order valence-electron chi connectivity index (χ4n) is 2.83. The van der Waals surface area contributed by atoms with Gasteiger partial charge in [-0.05, 0) is 63.9 Å². The lowest BCUT2D eigenvalue weighted by Crippen LogP contribution is -2.16. The maximum atomic E-state index is 10.2. The van der Waals surface area contributed by atoms with Crippen molar-refractivity contribution in [2.45, 2.75) is 40.7 Å². The van der Waals surface area contributed by atoms with Crippen LogP contribution in [0.1, 0.15) is 37.5 Å². The maximum Gasteiger partial charge on any atom is 0.206 e. The fraction of sp³-hybridized carbons (Fsp3) is 0.273. The molecule has 146 valence electrons. The first kappa shape index (κ1) is 19.9. The Morgan fingerprint density at radius 2 is 1.79 bits per heavy atom. The smallest absolute Gasteiger partial charge is 0.206 e. The van der Waals surface area contributed by atoms with E-state index in [1.807, 2.05) is 25.4 Å². The standard InChI is InChI=1S/C22H25N3O2S/c1-13(2)23-22-25(24-16(5)19-9-8-18(26)11-21(19)27)20(12-28-22)17-7-6-14(3)15(4)10-17/h6-13,26-27H,1-5H3. The molecule has 2 N–H and O–H groups in total. The van der Waals surface area contributed by atoms with Gasteiger partial charge >= 0.3 is 0 Å². The van der Waals surface area contributed by atoms with Gasteiger partial charge in [-0.1, -0.05) is 12.1 Å². The van der Waals surface area contributed by atoms with Crippen LogP contribution in [0.25, 0.3) is 11.3 Å². The predicted molar refractivity (Wildman–Crippen MR) is 115 cm³/mol. The van der Waals surface area contributed by atoms with Crippen LogP contribution in [0.3, 0.4) is 0 Å². The highest BCUT2D eigenvalue weighted by molar-refractivity contribution is 7.07.